The molecule has 2 unspecified atom stereocenters. The van der Waals surface area contributed by atoms with E-state index in [2.05, 4.69) is 0 Å². The fraction of sp³-hybridized carbons (Fsp3) is 0.333. The van der Waals surface area contributed by atoms with Crippen LogP contribution >= 0.6 is 11.6 Å². The van der Waals surface area contributed by atoms with Gasteiger partial charge in [0.1, 0.15) is 6.10 Å². The highest BCUT2D eigenvalue weighted by molar-refractivity contribution is 6.30. The van der Waals surface area contributed by atoms with Gasteiger partial charge in [-0.3, -0.25) is 9.59 Å². The smallest absolute Gasteiger partial charge is 0.306 e. The van der Waals surface area contributed by atoms with Gasteiger partial charge in [0.2, 0.25) is 0 Å². The molecule has 98 valence electrons. The van der Waals surface area contributed by atoms with Gasteiger partial charge >= 0.3 is 5.97 Å². The summed E-state index contributed by atoms with van der Waals surface area (Å²) in [7, 11) is 0. The number of Topliss-reactive ketones (excluding diaryl/α,β-unsaturated/α-hetero) is 1. The van der Waals surface area contributed by atoms with Gasteiger partial charge in [0.15, 0.2) is 5.78 Å². The van der Waals surface area contributed by atoms with Gasteiger partial charge in [-0.25, -0.2) is 0 Å². The number of rotatable bonds is 6. The molecule has 5 nitrogen and oxygen atoms in total. The van der Waals surface area contributed by atoms with Gasteiger partial charge in [0.05, 0.1) is 18.4 Å². The van der Waals surface area contributed by atoms with Gasteiger partial charge in [0, 0.05) is 5.56 Å². The quantitative estimate of drug-likeness (QED) is 0.530. The Labute approximate surface area is 109 Å². The van der Waals surface area contributed by atoms with Crippen LogP contribution in [0.2, 0.25) is 0 Å². The van der Waals surface area contributed by atoms with Crippen LogP contribution in [0.4, 0.5) is 0 Å². The number of carboxylic acids is 1. The average Bonchev–Trinajstić information content (AvgIpc) is 2.36. The van der Waals surface area contributed by atoms with Crippen LogP contribution in [0.1, 0.15) is 28.4 Å². The van der Waals surface area contributed by atoms with E-state index in [9.17, 15) is 19.8 Å². The molecule has 1 aromatic rings. The molecule has 0 fully saturated rings. The van der Waals surface area contributed by atoms with Gasteiger partial charge in [-0.1, -0.05) is 24.3 Å². The molecule has 0 heterocycles. The molecule has 0 aliphatic rings. The number of aliphatic hydroxyl groups excluding tert-OH is 2. The fourth-order valence-corrected chi connectivity index (χ4v) is 1.61. The molecule has 18 heavy (non-hydrogen) atoms. The monoisotopic (exact) mass is 272 g/mol. The van der Waals surface area contributed by atoms with Crippen LogP contribution in [0.25, 0.3) is 0 Å². The molecule has 2 atom stereocenters. The van der Waals surface area contributed by atoms with Crippen LogP contribution in [0.5, 0.6) is 0 Å². The first-order valence-electron chi connectivity index (χ1n) is 5.22. The Balaban J connectivity index is 2.78. The fourth-order valence-electron chi connectivity index (χ4n) is 1.46. The molecule has 0 aliphatic heterocycles. The number of carbonyl (C=O) groups excluding carboxylic acids is 1. The maximum atomic E-state index is 11.3. The Kier molecular flexibility index (Phi) is 5.27. The van der Waals surface area contributed by atoms with E-state index < -0.39 is 24.6 Å². The standard InChI is InChI=1S/C12H13ClO5/c13-6-10(15)7-1-3-8(4-2-7)12(18)9(14)5-11(16)17/h1-4,9,12,14,18H,5-6H2,(H,16,17). The maximum Gasteiger partial charge on any atom is 0.306 e. The van der Waals surface area contributed by atoms with Crippen molar-refractivity contribution in [1.29, 1.82) is 0 Å². The van der Waals surface area contributed by atoms with Crippen LogP contribution in [-0.4, -0.2) is 39.1 Å². The Morgan fingerprint density at radius 2 is 1.72 bits per heavy atom. The van der Waals surface area contributed by atoms with Gasteiger partial charge in [-0.05, 0) is 5.56 Å². The number of carbonyl (C=O) groups is 2. The number of halogens is 1. The lowest BCUT2D eigenvalue weighted by molar-refractivity contribution is -0.141. The SMILES string of the molecule is O=C(O)CC(O)C(O)c1ccc(C(=O)CCl)cc1. The number of aliphatic carboxylic acids is 1. The van der Waals surface area contributed by atoms with E-state index in [1.54, 1.807) is 0 Å². The van der Waals surface area contributed by atoms with Crippen molar-refractivity contribution in [2.45, 2.75) is 18.6 Å². The number of hydrogen-bond donors (Lipinski definition) is 3. The first-order valence-corrected chi connectivity index (χ1v) is 5.76. The lowest BCUT2D eigenvalue weighted by Crippen LogP contribution is -2.21. The molecule has 0 saturated carbocycles. The summed E-state index contributed by atoms with van der Waals surface area (Å²) in [5.74, 6) is -1.58. The van der Waals surface area contributed by atoms with Crippen molar-refractivity contribution in [3.8, 4) is 0 Å². The van der Waals surface area contributed by atoms with Gasteiger partial charge in [-0.15, -0.1) is 11.6 Å². The van der Waals surface area contributed by atoms with Crippen molar-refractivity contribution < 1.29 is 24.9 Å². The molecule has 3 N–H and O–H groups in total. The first-order chi connectivity index (χ1) is 8.45. The summed E-state index contributed by atoms with van der Waals surface area (Å²) < 4.78 is 0. The Morgan fingerprint density at radius 1 is 1.17 bits per heavy atom. The van der Waals surface area contributed by atoms with Crippen LogP contribution in [-0.2, 0) is 4.79 Å². The number of benzene rings is 1. The van der Waals surface area contributed by atoms with E-state index in [1.807, 2.05) is 0 Å². The predicted molar refractivity (Wildman–Crippen MR) is 64.7 cm³/mol. The van der Waals surface area contributed by atoms with Crippen molar-refractivity contribution in [2.75, 3.05) is 5.88 Å². The Hall–Kier alpha value is -1.43. The second-order valence-corrected chi connectivity index (χ2v) is 4.06. The highest BCUT2D eigenvalue weighted by Crippen LogP contribution is 2.19. The maximum absolute atomic E-state index is 11.3. The first kappa shape index (κ1) is 14.6. The number of ketones is 1. The third kappa shape index (κ3) is 3.80. The molecule has 0 aliphatic carbocycles. The van der Waals surface area contributed by atoms with Crippen molar-refractivity contribution in [2.24, 2.45) is 0 Å². The molecule has 0 radical (unpaired) electrons. The lowest BCUT2D eigenvalue weighted by Gasteiger charge is -2.16. The summed E-state index contributed by atoms with van der Waals surface area (Å²) in [5, 5.41) is 27.6. The minimum atomic E-state index is -1.39. The zero-order chi connectivity index (χ0) is 13.7. The molecule has 6 heteroatoms. The molecule has 0 spiro atoms. The number of carboxylic acid groups (broad SMARTS) is 1. The van der Waals surface area contributed by atoms with Gasteiger partial charge < -0.3 is 15.3 Å². The van der Waals surface area contributed by atoms with Crippen LogP contribution in [0, 0.1) is 0 Å². The Morgan fingerprint density at radius 3 is 2.17 bits per heavy atom. The van der Waals surface area contributed by atoms with Gasteiger partial charge in [-0.2, -0.15) is 0 Å². The highest BCUT2D eigenvalue weighted by Gasteiger charge is 2.21. The summed E-state index contributed by atoms with van der Waals surface area (Å²) >= 11 is 5.39. The normalized spacial score (nSPS) is 13.9. The Bertz CT molecular complexity index is 429. The van der Waals surface area contributed by atoms with Crippen molar-refractivity contribution in [1.82, 2.24) is 0 Å². The predicted octanol–water partition coefficient (Wildman–Crippen LogP) is 0.977. The van der Waals surface area contributed by atoms with E-state index in [-0.39, 0.29) is 11.7 Å². The zero-order valence-electron chi connectivity index (χ0n) is 9.41. The van der Waals surface area contributed by atoms with Crippen molar-refractivity contribution >= 4 is 23.4 Å². The molecule has 0 aromatic heterocycles. The zero-order valence-corrected chi connectivity index (χ0v) is 10.2. The van der Waals surface area contributed by atoms with E-state index in [0.29, 0.717) is 11.1 Å². The number of alkyl halides is 1. The lowest BCUT2D eigenvalue weighted by atomic mass is 10.00. The molecular weight excluding hydrogens is 260 g/mol. The topological polar surface area (TPSA) is 94.8 Å². The third-order valence-electron chi connectivity index (χ3n) is 2.44. The summed E-state index contributed by atoms with van der Waals surface area (Å²) in [6.07, 6.45) is -3.25. The second-order valence-electron chi connectivity index (χ2n) is 3.79. The molecule has 0 saturated heterocycles. The summed E-state index contributed by atoms with van der Waals surface area (Å²) in [6, 6.07) is 5.85. The van der Waals surface area contributed by atoms with E-state index in [1.165, 1.54) is 24.3 Å². The van der Waals surface area contributed by atoms with Gasteiger partial charge in [0.25, 0.3) is 0 Å². The molecule has 1 aromatic carbocycles. The minimum absolute atomic E-state index is 0.135. The van der Waals surface area contributed by atoms with E-state index >= 15 is 0 Å². The second kappa shape index (κ2) is 6.49. The van der Waals surface area contributed by atoms with Crippen LogP contribution < -0.4 is 0 Å². The summed E-state index contributed by atoms with van der Waals surface area (Å²) in [5.41, 5.74) is 0.739. The van der Waals surface area contributed by atoms with Crippen molar-refractivity contribution in [3.05, 3.63) is 35.4 Å². The molecule has 1 rings (SSSR count). The highest BCUT2D eigenvalue weighted by atomic mass is 35.5. The number of hydrogen-bond acceptors (Lipinski definition) is 4. The largest absolute Gasteiger partial charge is 0.481 e. The van der Waals surface area contributed by atoms with Crippen LogP contribution in [0.15, 0.2) is 24.3 Å². The third-order valence-corrected chi connectivity index (χ3v) is 2.69. The van der Waals surface area contributed by atoms with Crippen LogP contribution in [0.3, 0.4) is 0 Å². The van der Waals surface area contributed by atoms with E-state index in [4.69, 9.17) is 16.7 Å². The summed E-state index contributed by atoms with van der Waals surface area (Å²) in [6.45, 7) is 0. The molecule has 0 bridgehead atoms. The minimum Gasteiger partial charge on any atom is -0.481 e. The van der Waals surface area contributed by atoms with E-state index in [0.717, 1.165) is 0 Å². The average molecular weight is 273 g/mol. The number of aliphatic hydroxyl groups is 2. The van der Waals surface area contributed by atoms with Crippen molar-refractivity contribution in [3.63, 3.8) is 0 Å². The molecule has 0 amide bonds. The molecular formula is C12H13ClO5. The summed E-state index contributed by atoms with van der Waals surface area (Å²) in [4.78, 5) is 21.6.